The van der Waals surface area contributed by atoms with Gasteiger partial charge in [-0.05, 0) is 37.1 Å². The van der Waals surface area contributed by atoms with E-state index in [-0.39, 0.29) is 18.9 Å². The van der Waals surface area contributed by atoms with Crippen LogP contribution in [0.5, 0.6) is 0 Å². The van der Waals surface area contributed by atoms with Gasteiger partial charge >= 0.3 is 11.9 Å². The van der Waals surface area contributed by atoms with Gasteiger partial charge in [0.25, 0.3) is 0 Å². The average Bonchev–Trinajstić information content (AvgIpc) is 2.63. The van der Waals surface area contributed by atoms with Crippen LogP contribution in [0.25, 0.3) is 0 Å². The first-order chi connectivity index (χ1) is 12.1. The van der Waals surface area contributed by atoms with Crippen LogP contribution in [0.15, 0.2) is 42.6 Å². The first-order valence-corrected chi connectivity index (χ1v) is 8.17. The van der Waals surface area contributed by atoms with E-state index in [0.717, 1.165) is 6.54 Å². The average molecular weight is 342 g/mol. The summed E-state index contributed by atoms with van der Waals surface area (Å²) in [7, 11) is 0. The molecule has 0 fully saturated rings. The number of aromatic nitrogens is 1. The molecule has 0 unspecified atom stereocenters. The van der Waals surface area contributed by atoms with E-state index in [2.05, 4.69) is 29.4 Å². The van der Waals surface area contributed by atoms with Crippen LogP contribution in [-0.2, 0) is 16.0 Å². The third kappa shape index (κ3) is 5.69. The molecule has 0 amide bonds. The Kier molecular flexibility index (Phi) is 7.10. The number of carbonyl (C=O) groups is 2. The van der Waals surface area contributed by atoms with Crippen molar-refractivity contribution < 1.29 is 19.1 Å². The molecule has 2 aromatic rings. The van der Waals surface area contributed by atoms with Crippen molar-refractivity contribution in [2.24, 2.45) is 0 Å². The van der Waals surface area contributed by atoms with Gasteiger partial charge in [0.2, 0.25) is 0 Å². The van der Waals surface area contributed by atoms with Crippen LogP contribution in [0.2, 0.25) is 0 Å². The molecule has 0 aliphatic carbocycles. The third-order valence-corrected chi connectivity index (χ3v) is 3.57. The minimum atomic E-state index is -0.520. The van der Waals surface area contributed by atoms with Crippen molar-refractivity contribution in [2.45, 2.75) is 20.4 Å². The van der Waals surface area contributed by atoms with Crippen LogP contribution in [0.3, 0.4) is 0 Å². The van der Waals surface area contributed by atoms with E-state index < -0.39 is 11.9 Å². The zero-order valence-corrected chi connectivity index (χ0v) is 14.5. The highest BCUT2D eigenvalue weighted by atomic mass is 16.5. The highest BCUT2D eigenvalue weighted by Crippen LogP contribution is 2.06. The number of benzene rings is 1. The summed E-state index contributed by atoms with van der Waals surface area (Å²) >= 11 is 0. The molecule has 0 aliphatic heterocycles. The summed E-state index contributed by atoms with van der Waals surface area (Å²) in [5.41, 5.74) is 2.90. The number of hydrogen-bond donors (Lipinski definition) is 1. The third-order valence-electron chi connectivity index (χ3n) is 3.57. The van der Waals surface area contributed by atoms with Crippen LogP contribution >= 0.6 is 0 Å². The number of esters is 2. The Morgan fingerprint density at radius 1 is 1.08 bits per heavy atom. The summed E-state index contributed by atoms with van der Waals surface area (Å²) in [6.07, 6.45) is 1.31. The lowest BCUT2D eigenvalue weighted by Crippen LogP contribution is -2.21. The molecule has 0 radical (unpaired) electrons. The van der Waals surface area contributed by atoms with Crippen molar-refractivity contribution in [1.29, 1.82) is 0 Å². The van der Waals surface area contributed by atoms with Crippen molar-refractivity contribution in [3.05, 3.63) is 65.0 Å². The van der Waals surface area contributed by atoms with Crippen molar-refractivity contribution in [3.63, 3.8) is 0 Å². The number of carbonyl (C=O) groups excluding carboxylic acids is 2. The molecule has 0 aliphatic rings. The number of aryl methyl sites for hydroxylation is 1. The topological polar surface area (TPSA) is 77.5 Å². The molecular formula is C19H22N2O4. The zero-order valence-electron chi connectivity index (χ0n) is 14.5. The number of nitrogens with one attached hydrogen (secondary N) is 1. The number of rotatable bonds is 8. The number of nitrogens with zero attached hydrogens (tertiary/aromatic N) is 1. The fraction of sp³-hybridized carbons (Fsp3) is 0.316. The van der Waals surface area contributed by atoms with Gasteiger partial charge < -0.3 is 14.8 Å². The number of hydrogen-bond acceptors (Lipinski definition) is 6. The van der Waals surface area contributed by atoms with Gasteiger partial charge in [0.05, 0.1) is 12.2 Å². The van der Waals surface area contributed by atoms with Gasteiger partial charge in [0, 0.05) is 19.3 Å². The Bertz CT molecular complexity index is 714. The Morgan fingerprint density at radius 3 is 2.56 bits per heavy atom. The summed E-state index contributed by atoms with van der Waals surface area (Å²) in [6, 6.07) is 11.1. The molecule has 25 heavy (non-hydrogen) atoms. The number of ether oxygens (including phenoxy) is 2. The van der Waals surface area contributed by atoms with Crippen molar-refractivity contribution in [2.75, 3.05) is 19.8 Å². The van der Waals surface area contributed by atoms with E-state index in [1.807, 2.05) is 12.1 Å². The largest absolute Gasteiger partial charge is 0.462 e. The minimum absolute atomic E-state index is 0.159. The van der Waals surface area contributed by atoms with Gasteiger partial charge in [0.15, 0.2) is 0 Å². The lowest BCUT2D eigenvalue weighted by Gasteiger charge is -2.08. The molecule has 0 saturated carbocycles. The van der Waals surface area contributed by atoms with E-state index in [1.54, 1.807) is 6.92 Å². The molecule has 0 atom stereocenters. The molecule has 1 aromatic carbocycles. The summed E-state index contributed by atoms with van der Waals surface area (Å²) in [6.45, 7) is 5.58. The first-order valence-electron chi connectivity index (χ1n) is 8.17. The maximum absolute atomic E-state index is 11.9. The van der Waals surface area contributed by atoms with Gasteiger partial charge in [-0.15, -0.1) is 0 Å². The van der Waals surface area contributed by atoms with Crippen LogP contribution in [-0.4, -0.2) is 36.7 Å². The fourth-order valence-corrected chi connectivity index (χ4v) is 2.17. The van der Waals surface area contributed by atoms with Gasteiger partial charge in [-0.1, -0.05) is 24.3 Å². The second-order valence-corrected chi connectivity index (χ2v) is 5.39. The summed E-state index contributed by atoms with van der Waals surface area (Å²) in [5, 5.41) is 3.23. The Balaban J connectivity index is 1.73. The molecule has 6 nitrogen and oxygen atoms in total. The molecule has 0 saturated heterocycles. The molecule has 0 bridgehead atoms. The Labute approximate surface area is 147 Å². The van der Waals surface area contributed by atoms with Gasteiger partial charge in [-0.25, -0.2) is 14.6 Å². The van der Waals surface area contributed by atoms with Crippen molar-refractivity contribution in [1.82, 2.24) is 10.3 Å². The van der Waals surface area contributed by atoms with Crippen LogP contribution in [0, 0.1) is 6.92 Å². The van der Waals surface area contributed by atoms with Crippen molar-refractivity contribution in [3.8, 4) is 0 Å². The van der Waals surface area contributed by atoms with Gasteiger partial charge in [0.1, 0.15) is 12.3 Å². The standard InChI is InChI=1S/C19H22N2O4/c1-3-24-18(22)16-8-9-17(21-13-16)19(23)25-11-10-20-12-15-7-5-4-6-14(15)2/h4-9,13,20H,3,10-12H2,1-2H3. The highest BCUT2D eigenvalue weighted by Gasteiger charge is 2.11. The predicted octanol–water partition coefficient (Wildman–Crippen LogP) is 2.51. The van der Waals surface area contributed by atoms with E-state index >= 15 is 0 Å². The Hall–Kier alpha value is -2.73. The molecule has 1 heterocycles. The molecule has 2 rings (SSSR count). The van der Waals surface area contributed by atoms with Crippen LogP contribution in [0.1, 0.15) is 38.9 Å². The molecule has 1 aromatic heterocycles. The number of pyridine rings is 1. The van der Waals surface area contributed by atoms with E-state index in [0.29, 0.717) is 12.1 Å². The van der Waals surface area contributed by atoms with E-state index in [1.165, 1.54) is 29.5 Å². The zero-order chi connectivity index (χ0) is 18.1. The molecule has 6 heteroatoms. The van der Waals surface area contributed by atoms with E-state index in [9.17, 15) is 9.59 Å². The SMILES string of the molecule is CCOC(=O)c1ccc(C(=O)OCCNCc2ccccc2C)nc1. The highest BCUT2D eigenvalue weighted by molar-refractivity contribution is 5.91. The fourth-order valence-electron chi connectivity index (χ4n) is 2.17. The van der Waals surface area contributed by atoms with Crippen molar-refractivity contribution >= 4 is 11.9 Å². The van der Waals surface area contributed by atoms with Crippen LogP contribution < -0.4 is 5.32 Å². The maximum atomic E-state index is 11.9. The lowest BCUT2D eigenvalue weighted by molar-refractivity contribution is 0.0493. The second kappa shape index (κ2) is 9.54. The normalized spacial score (nSPS) is 10.3. The molecule has 1 N–H and O–H groups in total. The quantitative estimate of drug-likeness (QED) is 0.587. The van der Waals surface area contributed by atoms with Gasteiger partial charge in [-0.2, -0.15) is 0 Å². The summed E-state index contributed by atoms with van der Waals surface area (Å²) in [5.74, 6) is -0.983. The maximum Gasteiger partial charge on any atom is 0.356 e. The first kappa shape index (κ1) is 18.6. The lowest BCUT2D eigenvalue weighted by atomic mass is 10.1. The predicted molar refractivity (Wildman–Crippen MR) is 93.4 cm³/mol. The van der Waals surface area contributed by atoms with Crippen LogP contribution in [0.4, 0.5) is 0 Å². The second-order valence-electron chi connectivity index (χ2n) is 5.39. The monoisotopic (exact) mass is 342 g/mol. The minimum Gasteiger partial charge on any atom is -0.462 e. The molecular weight excluding hydrogens is 320 g/mol. The summed E-state index contributed by atoms with van der Waals surface area (Å²) in [4.78, 5) is 27.4. The summed E-state index contributed by atoms with van der Waals surface area (Å²) < 4.78 is 10.0. The Morgan fingerprint density at radius 2 is 1.88 bits per heavy atom. The van der Waals surface area contributed by atoms with Gasteiger partial charge in [-0.3, -0.25) is 0 Å². The smallest absolute Gasteiger partial charge is 0.356 e. The molecule has 132 valence electrons. The molecule has 0 spiro atoms. The van der Waals surface area contributed by atoms with E-state index in [4.69, 9.17) is 9.47 Å².